The van der Waals surface area contributed by atoms with E-state index in [4.69, 9.17) is 0 Å². The lowest BCUT2D eigenvalue weighted by Gasteiger charge is -2.12. The third-order valence-electron chi connectivity index (χ3n) is 4.25. The van der Waals surface area contributed by atoms with Gasteiger partial charge >= 0.3 is 0 Å². The molecule has 148 valence electrons. The number of para-hydroxylation sites is 2. The van der Waals surface area contributed by atoms with E-state index in [2.05, 4.69) is 62.0 Å². The van der Waals surface area contributed by atoms with Crippen molar-refractivity contribution in [3.8, 4) is 0 Å². The zero-order valence-corrected chi connectivity index (χ0v) is 18.2. The lowest BCUT2D eigenvalue weighted by atomic mass is 10.2. The summed E-state index contributed by atoms with van der Waals surface area (Å²) in [6, 6.07) is 19.9. The van der Waals surface area contributed by atoms with Crippen LogP contribution in [0, 0.1) is 0 Å². The number of carbonyl (C=O) groups is 1. The molecule has 2 aromatic carbocycles. The van der Waals surface area contributed by atoms with Gasteiger partial charge in [0.25, 0.3) is 0 Å². The number of nitrogens with one attached hydrogen (secondary N) is 3. The van der Waals surface area contributed by atoms with E-state index in [1.807, 2.05) is 30.3 Å². The number of fused-ring (bicyclic) bond motifs is 1. The minimum Gasteiger partial charge on any atom is -0.356 e. The van der Waals surface area contributed by atoms with Gasteiger partial charge < -0.3 is 20.5 Å². The number of carbonyl (C=O) groups excluding carboxylic acids is 1. The summed E-state index contributed by atoms with van der Waals surface area (Å²) in [4.78, 5) is 16.1. The number of benzene rings is 2. The molecule has 3 N–H and O–H groups in total. The summed E-state index contributed by atoms with van der Waals surface area (Å²) < 4.78 is 2.25. The highest BCUT2D eigenvalue weighted by atomic mass is 127. The Morgan fingerprint density at radius 1 is 1.00 bits per heavy atom. The van der Waals surface area contributed by atoms with Crippen LogP contribution in [0.2, 0.25) is 0 Å². The molecule has 3 aromatic rings. The molecule has 0 aliphatic rings. The van der Waals surface area contributed by atoms with E-state index < -0.39 is 0 Å². The molecule has 0 spiro atoms. The van der Waals surface area contributed by atoms with Crippen LogP contribution in [0.15, 0.2) is 71.9 Å². The predicted molar refractivity (Wildman–Crippen MR) is 126 cm³/mol. The first kappa shape index (κ1) is 21.7. The number of nitrogens with zero attached hydrogens (tertiary/aromatic N) is 2. The maximum absolute atomic E-state index is 12.0. The Labute approximate surface area is 182 Å². The highest BCUT2D eigenvalue weighted by Crippen LogP contribution is 2.15. The summed E-state index contributed by atoms with van der Waals surface area (Å²) >= 11 is 0. The largest absolute Gasteiger partial charge is 0.356 e. The number of hydrogen-bond acceptors (Lipinski definition) is 2. The van der Waals surface area contributed by atoms with E-state index in [0.717, 1.165) is 25.2 Å². The second kappa shape index (κ2) is 11.3. The van der Waals surface area contributed by atoms with Gasteiger partial charge in [0.05, 0.1) is 6.54 Å². The van der Waals surface area contributed by atoms with Crippen molar-refractivity contribution in [2.75, 3.05) is 25.5 Å². The number of rotatable bonds is 7. The van der Waals surface area contributed by atoms with Gasteiger partial charge in [0, 0.05) is 37.5 Å². The fourth-order valence-corrected chi connectivity index (χ4v) is 2.90. The summed E-state index contributed by atoms with van der Waals surface area (Å²) in [7, 11) is 1.70. The van der Waals surface area contributed by atoms with Gasteiger partial charge in [-0.05, 0) is 36.1 Å². The number of guanidine groups is 1. The van der Waals surface area contributed by atoms with Gasteiger partial charge in [-0.3, -0.25) is 9.79 Å². The van der Waals surface area contributed by atoms with Crippen molar-refractivity contribution in [2.45, 2.75) is 13.0 Å². The van der Waals surface area contributed by atoms with Crippen LogP contribution in [0.4, 0.5) is 5.69 Å². The molecular formula is C21H26IN5O. The smallest absolute Gasteiger partial charge is 0.243 e. The minimum atomic E-state index is -0.108. The first-order valence-electron chi connectivity index (χ1n) is 9.09. The van der Waals surface area contributed by atoms with E-state index in [0.29, 0.717) is 5.96 Å². The molecule has 0 aliphatic heterocycles. The van der Waals surface area contributed by atoms with E-state index in [9.17, 15) is 4.79 Å². The first-order chi connectivity index (χ1) is 13.3. The maximum Gasteiger partial charge on any atom is 0.243 e. The molecule has 1 heterocycles. The van der Waals surface area contributed by atoms with E-state index >= 15 is 0 Å². The van der Waals surface area contributed by atoms with Crippen LogP contribution in [0.1, 0.15) is 6.42 Å². The molecule has 0 saturated heterocycles. The van der Waals surface area contributed by atoms with Crippen LogP contribution in [-0.4, -0.2) is 36.6 Å². The van der Waals surface area contributed by atoms with Crippen LogP contribution in [0.5, 0.6) is 0 Å². The number of hydrogen-bond donors (Lipinski definition) is 3. The minimum absolute atomic E-state index is 0. The van der Waals surface area contributed by atoms with Crippen LogP contribution >= 0.6 is 24.0 Å². The van der Waals surface area contributed by atoms with Crippen molar-refractivity contribution < 1.29 is 4.79 Å². The SMILES string of the molecule is CN=C(NCCCn1ccc2ccccc21)NCC(=O)Nc1ccccc1.I. The van der Waals surface area contributed by atoms with Crippen LogP contribution in [0.25, 0.3) is 10.9 Å². The summed E-state index contributed by atoms with van der Waals surface area (Å²) in [6.07, 6.45) is 3.07. The zero-order chi connectivity index (χ0) is 18.9. The quantitative estimate of drug-likeness (QED) is 0.205. The standard InChI is InChI=1S/C21H25N5O.HI/c1-22-21(24-16-20(27)25-18-9-3-2-4-10-18)23-13-7-14-26-15-12-17-8-5-6-11-19(17)26;/h2-6,8-12,15H,7,13-14,16H2,1H3,(H,25,27)(H2,22,23,24);1H. The molecule has 0 saturated carbocycles. The Hall–Kier alpha value is -2.55. The molecule has 28 heavy (non-hydrogen) atoms. The predicted octanol–water partition coefficient (Wildman–Crippen LogP) is 3.45. The molecule has 0 bridgehead atoms. The van der Waals surface area contributed by atoms with E-state index in [-0.39, 0.29) is 36.4 Å². The van der Waals surface area contributed by atoms with Gasteiger partial charge in [0.1, 0.15) is 0 Å². The molecule has 1 amide bonds. The molecule has 7 heteroatoms. The number of aliphatic imine (C=N–C) groups is 1. The molecule has 6 nitrogen and oxygen atoms in total. The first-order valence-corrected chi connectivity index (χ1v) is 9.09. The van der Waals surface area contributed by atoms with Crippen molar-refractivity contribution in [3.05, 3.63) is 66.9 Å². The van der Waals surface area contributed by atoms with Crippen LogP contribution in [0.3, 0.4) is 0 Å². The summed E-state index contributed by atoms with van der Waals surface area (Å²) in [6.45, 7) is 1.86. The highest BCUT2D eigenvalue weighted by Gasteiger charge is 2.04. The van der Waals surface area contributed by atoms with Gasteiger partial charge in [-0.15, -0.1) is 24.0 Å². The van der Waals surface area contributed by atoms with Crippen LogP contribution in [-0.2, 0) is 11.3 Å². The van der Waals surface area contributed by atoms with Crippen molar-refractivity contribution in [1.29, 1.82) is 0 Å². The van der Waals surface area contributed by atoms with E-state index in [1.54, 1.807) is 7.05 Å². The average molecular weight is 491 g/mol. The normalized spacial score (nSPS) is 11.0. The molecule has 3 rings (SSSR count). The monoisotopic (exact) mass is 491 g/mol. The molecule has 1 aromatic heterocycles. The molecule has 0 radical (unpaired) electrons. The van der Waals surface area contributed by atoms with Crippen molar-refractivity contribution in [2.24, 2.45) is 4.99 Å². The Morgan fingerprint density at radius 3 is 2.54 bits per heavy atom. The van der Waals surface area contributed by atoms with Gasteiger partial charge in [0.2, 0.25) is 5.91 Å². The number of aryl methyl sites for hydroxylation is 1. The van der Waals surface area contributed by atoms with E-state index in [1.165, 1.54) is 10.9 Å². The Kier molecular flexibility index (Phi) is 8.80. The zero-order valence-electron chi connectivity index (χ0n) is 15.9. The second-order valence-corrected chi connectivity index (χ2v) is 6.19. The Balaban J connectivity index is 0.00000280. The molecule has 0 fully saturated rings. The lowest BCUT2D eigenvalue weighted by Crippen LogP contribution is -2.41. The Morgan fingerprint density at radius 2 is 1.75 bits per heavy atom. The molecular weight excluding hydrogens is 465 g/mol. The summed E-state index contributed by atoms with van der Waals surface area (Å²) in [5.41, 5.74) is 2.03. The highest BCUT2D eigenvalue weighted by molar-refractivity contribution is 14.0. The number of aromatic nitrogens is 1. The fraction of sp³-hybridized carbons (Fsp3) is 0.238. The van der Waals surface area contributed by atoms with Gasteiger partial charge in [-0.2, -0.15) is 0 Å². The number of halogens is 1. The second-order valence-electron chi connectivity index (χ2n) is 6.19. The topological polar surface area (TPSA) is 70.5 Å². The third-order valence-corrected chi connectivity index (χ3v) is 4.25. The molecule has 0 atom stereocenters. The lowest BCUT2D eigenvalue weighted by molar-refractivity contribution is -0.115. The molecule has 0 unspecified atom stereocenters. The van der Waals surface area contributed by atoms with Gasteiger partial charge in [-0.1, -0.05) is 36.4 Å². The van der Waals surface area contributed by atoms with Crippen molar-refractivity contribution in [1.82, 2.24) is 15.2 Å². The maximum atomic E-state index is 12.0. The number of anilines is 1. The van der Waals surface area contributed by atoms with Crippen molar-refractivity contribution >= 4 is 52.4 Å². The average Bonchev–Trinajstić information content (AvgIpc) is 3.11. The van der Waals surface area contributed by atoms with Crippen molar-refractivity contribution in [3.63, 3.8) is 0 Å². The fourth-order valence-electron chi connectivity index (χ4n) is 2.90. The third kappa shape index (κ3) is 6.26. The summed E-state index contributed by atoms with van der Waals surface area (Å²) in [5, 5.41) is 10.4. The Bertz CT molecular complexity index is 907. The molecule has 0 aliphatic carbocycles. The van der Waals surface area contributed by atoms with Crippen LogP contribution < -0.4 is 16.0 Å². The summed E-state index contributed by atoms with van der Waals surface area (Å²) in [5.74, 6) is 0.513. The van der Waals surface area contributed by atoms with Gasteiger partial charge in [-0.25, -0.2) is 0 Å². The van der Waals surface area contributed by atoms with Gasteiger partial charge in [0.15, 0.2) is 5.96 Å². The number of amides is 1.